The highest BCUT2D eigenvalue weighted by atomic mass is 15.3. The van der Waals surface area contributed by atoms with Crippen LogP contribution in [0.1, 0.15) is 17.6 Å². The van der Waals surface area contributed by atoms with Gasteiger partial charge in [0.05, 0.1) is 29.1 Å². The van der Waals surface area contributed by atoms with E-state index in [2.05, 4.69) is 55.2 Å². The van der Waals surface area contributed by atoms with Gasteiger partial charge in [-0.1, -0.05) is 12.1 Å². The third-order valence-corrected chi connectivity index (χ3v) is 4.38. The molecular formula is C16H19N5. The highest BCUT2D eigenvalue weighted by Crippen LogP contribution is 2.28. The third-order valence-electron chi connectivity index (χ3n) is 4.38. The van der Waals surface area contributed by atoms with Crippen molar-refractivity contribution in [2.75, 3.05) is 13.1 Å². The number of aryl methyl sites for hydroxylation is 2. The van der Waals surface area contributed by atoms with Gasteiger partial charge in [0.25, 0.3) is 0 Å². The van der Waals surface area contributed by atoms with Gasteiger partial charge in [0.2, 0.25) is 0 Å². The molecule has 0 aliphatic carbocycles. The van der Waals surface area contributed by atoms with Gasteiger partial charge in [0.15, 0.2) is 0 Å². The Morgan fingerprint density at radius 1 is 1.24 bits per heavy atom. The van der Waals surface area contributed by atoms with Crippen LogP contribution in [-0.4, -0.2) is 37.1 Å². The summed E-state index contributed by atoms with van der Waals surface area (Å²) in [6.07, 6.45) is 3.81. The summed E-state index contributed by atoms with van der Waals surface area (Å²) in [6.45, 7) is 5.22. The molecule has 1 aliphatic rings. The molecule has 1 aromatic carbocycles. The van der Waals surface area contributed by atoms with Crippen molar-refractivity contribution in [1.82, 2.24) is 24.0 Å². The molecule has 0 amide bonds. The van der Waals surface area contributed by atoms with E-state index in [0.717, 1.165) is 31.0 Å². The summed E-state index contributed by atoms with van der Waals surface area (Å²) >= 11 is 0. The molecule has 0 unspecified atom stereocenters. The summed E-state index contributed by atoms with van der Waals surface area (Å²) < 4.78 is 4.47. The Hall–Kier alpha value is -2.14. The maximum Gasteiger partial charge on any atom is 0.107 e. The lowest BCUT2D eigenvalue weighted by Crippen LogP contribution is -2.47. The van der Waals surface area contributed by atoms with Crippen LogP contribution in [0, 0.1) is 6.92 Å². The molecule has 1 aliphatic heterocycles. The van der Waals surface area contributed by atoms with Gasteiger partial charge in [-0.3, -0.25) is 4.90 Å². The van der Waals surface area contributed by atoms with Crippen LogP contribution >= 0.6 is 0 Å². The van der Waals surface area contributed by atoms with Crippen molar-refractivity contribution in [3.05, 3.63) is 48.3 Å². The Labute approximate surface area is 123 Å². The maximum absolute atomic E-state index is 4.66. The van der Waals surface area contributed by atoms with E-state index in [0.29, 0.717) is 6.04 Å². The van der Waals surface area contributed by atoms with E-state index in [1.165, 1.54) is 11.2 Å². The second-order valence-electron chi connectivity index (χ2n) is 5.86. The Kier molecular flexibility index (Phi) is 2.82. The number of likely N-dealkylation sites (tertiary alicyclic amines) is 1. The van der Waals surface area contributed by atoms with Gasteiger partial charge in [-0.15, -0.1) is 0 Å². The molecule has 0 bridgehead atoms. The van der Waals surface area contributed by atoms with Crippen LogP contribution in [0.25, 0.3) is 11.0 Å². The second-order valence-corrected chi connectivity index (χ2v) is 5.86. The molecule has 3 heterocycles. The van der Waals surface area contributed by atoms with Crippen LogP contribution in [0.2, 0.25) is 0 Å². The predicted octanol–water partition coefficient (Wildman–Crippen LogP) is 2.14. The molecule has 5 nitrogen and oxygen atoms in total. The molecule has 21 heavy (non-hydrogen) atoms. The van der Waals surface area contributed by atoms with Crippen LogP contribution in [-0.2, 0) is 13.6 Å². The minimum absolute atomic E-state index is 0.533. The van der Waals surface area contributed by atoms with Crippen molar-refractivity contribution in [2.24, 2.45) is 7.05 Å². The van der Waals surface area contributed by atoms with Crippen molar-refractivity contribution >= 4 is 11.0 Å². The van der Waals surface area contributed by atoms with E-state index in [9.17, 15) is 0 Å². The van der Waals surface area contributed by atoms with Crippen molar-refractivity contribution in [2.45, 2.75) is 19.5 Å². The highest BCUT2D eigenvalue weighted by Gasteiger charge is 2.30. The Morgan fingerprint density at radius 2 is 2.05 bits per heavy atom. The zero-order chi connectivity index (χ0) is 14.4. The number of rotatable bonds is 3. The number of hydrogen-bond donors (Lipinski definition) is 0. The molecule has 108 valence electrons. The molecule has 3 aromatic rings. The quantitative estimate of drug-likeness (QED) is 0.738. The molecular weight excluding hydrogens is 262 g/mol. The zero-order valence-electron chi connectivity index (χ0n) is 12.4. The molecule has 0 radical (unpaired) electrons. The molecule has 0 spiro atoms. The molecule has 0 atom stereocenters. The Morgan fingerprint density at radius 3 is 2.81 bits per heavy atom. The largest absolute Gasteiger partial charge is 0.337 e. The summed E-state index contributed by atoms with van der Waals surface area (Å²) in [5.41, 5.74) is 3.61. The number of hydrogen-bond acceptors (Lipinski definition) is 3. The summed E-state index contributed by atoms with van der Waals surface area (Å²) in [4.78, 5) is 11.3. The SMILES string of the molecule is Cc1nc2ccccc2n1C1CN(Cc2cncn2C)C1. The van der Waals surface area contributed by atoms with Gasteiger partial charge in [-0.25, -0.2) is 9.97 Å². The zero-order valence-corrected chi connectivity index (χ0v) is 12.4. The average molecular weight is 281 g/mol. The first kappa shape index (κ1) is 12.6. The van der Waals surface area contributed by atoms with Gasteiger partial charge < -0.3 is 9.13 Å². The molecule has 0 saturated carbocycles. The number of aromatic nitrogens is 4. The molecule has 0 N–H and O–H groups in total. The van der Waals surface area contributed by atoms with Crippen molar-refractivity contribution in [3.8, 4) is 0 Å². The van der Waals surface area contributed by atoms with Crippen molar-refractivity contribution < 1.29 is 0 Å². The van der Waals surface area contributed by atoms with Gasteiger partial charge in [0.1, 0.15) is 5.82 Å². The predicted molar refractivity (Wildman–Crippen MR) is 82.0 cm³/mol. The maximum atomic E-state index is 4.66. The summed E-state index contributed by atoms with van der Waals surface area (Å²) in [7, 11) is 2.05. The number of fused-ring (bicyclic) bond motifs is 1. The number of para-hydroxylation sites is 2. The van der Waals surface area contributed by atoms with Crippen molar-refractivity contribution in [3.63, 3.8) is 0 Å². The fourth-order valence-electron chi connectivity index (χ4n) is 3.23. The lowest BCUT2D eigenvalue weighted by molar-refractivity contribution is 0.0976. The van der Waals surface area contributed by atoms with Gasteiger partial charge in [0, 0.05) is 32.9 Å². The first-order valence-electron chi connectivity index (χ1n) is 7.33. The number of benzene rings is 1. The fourth-order valence-corrected chi connectivity index (χ4v) is 3.23. The first-order valence-corrected chi connectivity index (χ1v) is 7.33. The molecule has 1 saturated heterocycles. The summed E-state index contributed by atoms with van der Waals surface area (Å²) in [5.74, 6) is 1.11. The smallest absolute Gasteiger partial charge is 0.107 e. The van der Waals surface area contributed by atoms with Crippen LogP contribution < -0.4 is 0 Å². The van der Waals surface area contributed by atoms with E-state index in [-0.39, 0.29) is 0 Å². The number of imidazole rings is 2. The molecule has 2 aromatic heterocycles. The van der Waals surface area contributed by atoms with Crippen LogP contribution in [0.4, 0.5) is 0 Å². The van der Waals surface area contributed by atoms with Gasteiger partial charge >= 0.3 is 0 Å². The van der Waals surface area contributed by atoms with E-state index in [1.54, 1.807) is 0 Å². The monoisotopic (exact) mass is 281 g/mol. The average Bonchev–Trinajstić information content (AvgIpc) is 2.97. The lowest BCUT2D eigenvalue weighted by Gasteiger charge is -2.40. The molecule has 4 rings (SSSR count). The summed E-state index contributed by atoms with van der Waals surface area (Å²) in [6, 6.07) is 8.93. The van der Waals surface area contributed by atoms with Gasteiger partial charge in [-0.05, 0) is 19.1 Å². The normalized spacial score (nSPS) is 16.5. The minimum atomic E-state index is 0.533. The fraction of sp³-hybridized carbons (Fsp3) is 0.375. The highest BCUT2D eigenvalue weighted by molar-refractivity contribution is 5.76. The topological polar surface area (TPSA) is 38.9 Å². The first-order chi connectivity index (χ1) is 10.2. The van der Waals surface area contributed by atoms with Crippen LogP contribution in [0.3, 0.4) is 0 Å². The Balaban J connectivity index is 1.52. The van der Waals surface area contributed by atoms with E-state index >= 15 is 0 Å². The second kappa shape index (κ2) is 4.70. The van der Waals surface area contributed by atoms with Crippen molar-refractivity contribution in [1.29, 1.82) is 0 Å². The van der Waals surface area contributed by atoms with E-state index in [4.69, 9.17) is 0 Å². The van der Waals surface area contributed by atoms with Crippen LogP contribution in [0.5, 0.6) is 0 Å². The number of nitrogens with zero attached hydrogens (tertiary/aromatic N) is 5. The molecule has 1 fully saturated rings. The van der Waals surface area contributed by atoms with E-state index in [1.807, 2.05) is 19.6 Å². The lowest BCUT2D eigenvalue weighted by atomic mass is 10.1. The third kappa shape index (κ3) is 2.05. The minimum Gasteiger partial charge on any atom is -0.337 e. The summed E-state index contributed by atoms with van der Waals surface area (Å²) in [5, 5.41) is 0. The van der Waals surface area contributed by atoms with E-state index < -0.39 is 0 Å². The van der Waals surface area contributed by atoms with Gasteiger partial charge in [-0.2, -0.15) is 0 Å². The molecule has 5 heteroatoms. The Bertz CT molecular complexity index is 779. The standard InChI is InChI=1S/C16H19N5/c1-12-18-15-5-3-4-6-16(15)21(12)14-9-20(10-14)8-13-7-17-11-19(13)2/h3-7,11,14H,8-10H2,1-2H3. The van der Waals surface area contributed by atoms with Crippen LogP contribution in [0.15, 0.2) is 36.8 Å².